The molecule has 0 saturated heterocycles. The van der Waals surface area contributed by atoms with Gasteiger partial charge in [-0.1, -0.05) is 0 Å². The van der Waals surface area contributed by atoms with Crippen LogP contribution in [0.5, 0.6) is 5.75 Å². The van der Waals surface area contributed by atoms with E-state index in [1.54, 1.807) is 12.1 Å². The molecule has 3 aromatic rings. The Morgan fingerprint density at radius 2 is 1.74 bits per heavy atom. The summed E-state index contributed by atoms with van der Waals surface area (Å²) in [6.07, 6.45) is 1.86. The molecule has 0 atom stereocenters. The SMILES string of the molecule is CN(c1ccc(O)cc1)c1ccc2c(cnn2C)c1. The van der Waals surface area contributed by atoms with Gasteiger partial charge >= 0.3 is 0 Å². The lowest BCUT2D eigenvalue weighted by atomic mass is 10.2. The molecule has 0 aliphatic heterocycles. The fraction of sp³-hybridized carbons (Fsp3) is 0.133. The minimum atomic E-state index is 0.278. The number of rotatable bonds is 2. The van der Waals surface area contributed by atoms with Crippen LogP contribution >= 0.6 is 0 Å². The number of nitrogens with zero attached hydrogens (tertiary/aromatic N) is 3. The van der Waals surface area contributed by atoms with E-state index >= 15 is 0 Å². The van der Waals surface area contributed by atoms with E-state index in [0.29, 0.717) is 0 Å². The lowest BCUT2D eigenvalue weighted by Crippen LogP contribution is -2.08. The van der Waals surface area contributed by atoms with Gasteiger partial charge in [-0.2, -0.15) is 5.10 Å². The molecule has 4 nitrogen and oxygen atoms in total. The summed E-state index contributed by atoms with van der Waals surface area (Å²) in [7, 11) is 3.94. The number of anilines is 2. The number of phenols is 1. The van der Waals surface area contributed by atoms with Gasteiger partial charge < -0.3 is 10.0 Å². The summed E-state index contributed by atoms with van der Waals surface area (Å²) in [5, 5.41) is 14.7. The third-order valence-corrected chi connectivity index (χ3v) is 3.35. The minimum absolute atomic E-state index is 0.278. The third kappa shape index (κ3) is 2.01. The highest BCUT2D eigenvalue weighted by Crippen LogP contribution is 2.27. The molecule has 0 radical (unpaired) electrons. The molecule has 0 spiro atoms. The number of hydrogen-bond donors (Lipinski definition) is 1. The van der Waals surface area contributed by atoms with Crippen LogP contribution < -0.4 is 4.90 Å². The monoisotopic (exact) mass is 253 g/mol. The van der Waals surface area contributed by atoms with Crippen molar-refractivity contribution in [3.63, 3.8) is 0 Å². The Morgan fingerprint density at radius 3 is 2.47 bits per heavy atom. The summed E-state index contributed by atoms with van der Waals surface area (Å²) in [6.45, 7) is 0. The first-order valence-electron chi connectivity index (χ1n) is 6.10. The van der Waals surface area contributed by atoms with Crippen molar-refractivity contribution in [3.8, 4) is 5.75 Å². The first-order chi connectivity index (χ1) is 9.15. The third-order valence-electron chi connectivity index (χ3n) is 3.35. The maximum atomic E-state index is 9.32. The number of aromatic hydroxyl groups is 1. The van der Waals surface area contributed by atoms with Gasteiger partial charge in [0.15, 0.2) is 0 Å². The fourth-order valence-corrected chi connectivity index (χ4v) is 2.18. The number of hydrogen-bond acceptors (Lipinski definition) is 3. The van der Waals surface area contributed by atoms with Crippen LogP contribution in [0.3, 0.4) is 0 Å². The molecular weight excluding hydrogens is 238 g/mol. The molecule has 2 aromatic carbocycles. The maximum Gasteiger partial charge on any atom is 0.115 e. The van der Waals surface area contributed by atoms with Crippen LogP contribution in [-0.2, 0) is 7.05 Å². The Labute approximate surface area is 111 Å². The van der Waals surface area contributed by atoms with Gasteiger partial charge in [-0.3, -0.25) is 4.68 Å². The highest BCUT2D eigenvalue weighted by molar-refractivity contribution is 5.83. The van der Waals surface area contributed by atoms with Gasteiger partial charge in [-0.25, -0.2) is 0 Å². The Bertz CT molecular complexity index is 716. The van der Waals surface area contributed by atoms with Crippen molar-refractivity contribution < 1.29 is 5.11 Å². The Kier molecular flexibility index (Phi) is 2.63. The minimum Gasteiger partial charge on any atom is -0.508 e. The van der Waals surface area contributed by atoms with Crippen LogP contribution in [0.2, 0.25) is 0 Å². The molecule has 0 aliphatic carbocycles. The summed E-state index contributed by atoms with van der Waals surface area (Å²) in [6, 6.07) is 13.4. The summed E-state index contributed by atoms with van der Waals surface area (Å²) < 4.78 is 1.86. The summed E-state index contributed by atoms with van der Waals surface area (Å²) in [5.74, 6) is 0.278. The number of benzene rings is 2. The van der Waals surface area contributed by atoms with Crippen LogP contribution in [0, 0.1) is 0 Å². The molecule has 1 heterocycles. The Hall–Kier alpha value is -2.49. The Balaban J connectivity index is 2.01. The van der Waals surface area contributed by atoms with Gasteiger partial charge in [0.25, 0.3) is 0 Å². The molecule has 19 heavy (non-hydrogen) atoms. The van der Waals surface area contributed by atoms with E-state index < -0.39 is 0 Å². The summed E-state index contributed by atoms with van der Waals surface area (Å²) >= 11 is 0. The molecular formula is C15H15N3O. The van der Waals surface area contributed by atoms with Crippen molar-refractivity contribution in [1.82, 2.24) is 9.78 Å². The van der Waals surface area contributed by atoms with Crippen molar-refractivity contribution in [2.24, 2.45) is 7.05 Å². The standard InChI is InChI=1S/C15H15N3O/c1-17(12-3-6-14(19)7-4-12)13-5-8-15-11(9-13)10-16-18(15)2/h3-10,19H,1-2H3. The molecule has 1 N–H and O–H groups in total. The van der Waals surface area contributed by atoms with Gasteiger partial charge in [0.2, 0.25) is 0 Å². The summed E-state index contributed by atoms with van der Waals surface area (Å²) in [4.78, 5) is 2.08. The number of phenolic OH excluding ortho intramolecular Hbond substituents is 1. The van der Waals surface area contributed by atoms with Crippen LogP contribution in [0.25, 0.3) is 10.9 Å². The molecule has 96 valence electrons. The smallest absolute Gasteiger partial charge is 0.115 e. The van der Waals surface area contributed by atoms with Gasteiger partial charge in [0, 0.05) is 30.9 Å². The molecule has 0 fully saturated rings. The topological polar surface area (TPSA) is 41.3 Å². The van der Waals surface area contributed by atoms with Crippen molar-refractivity contribution >= 4 is 22.3 Å². The predicted molar refractivity (Wildman–Crippen MR) is 76.9 cm³/mol. The molecule has 0 saturated carbocycles. The van der Waals surface area contributed by atoms with Crippen molar-refractivity contribution in [2.75, 3.05) is 11.9 Å². The maximum absolute atomic E-state index is 9.32. The molecule has 3 rings (SSSR count). The molecule has 0 aliphatic rings. The van der Waals surface area contributed by atoms with E-state index in [4.69, 9.17) is 0 Å². The van der Waals surface area contributed by atoms with Gasteiger partial charge in [0.05, 0.1) is 11.7 Å². The van der Waals surface area contributed by atoms with Crippen LogP contribution in [0.4, 0.5) is 11.4 Å². The van der Waals surface area contributed by atoms with Gasteiger partial charge in [-0.05, 0) is 42.5 Å². The lowest BCUT2D eigenvalue weighted by Gasteiger charge is -2.19. The van der Waals surface area contributed by atoms with Crippen molar-refractivity contribution in [2.45, 2.75) is 0 Å². The van der Waals surface area contributed by atoms with E-state index in [1.807, 2.05) is 37.1 Å². The molecule has 0 unspecified atom stereocenters. The van der Waals surface area contributed by atoms with Crippen LogP contribution in [-0.4, -0.2) is 21.9 Å². The number of aromatic nitrogens is 2. The predicted octanol–water partition coefficient (Wildman–Crippen LogP) is 3.05. The highest BCUT2D eigenvalue weighted by Gasteiger charge is 2.06. The van der Waals surface area contributed by atoms with E-state index in [-0.39, 0.29) is 5.75 Å². The first-order valence-corrected chi connectivity index (χ1v) is 6.10. The largest absolute Gasteiger partial charge is 0.508 e. The second-order valence-corrected chi connectivity index (χ2v) is 4.59. The highest BCUT2D eigenvalue weighted by atomic mass is 16.3. The number of aryl methyl sites for hydroxylation is 1. The van der Waals surface area contributed by atoms with Gasteiger partial charge in [-0.15, -0.1) is 0 Å². The molecule has 4 heteroatoms. The fourth-order valence-electron chi connectivity index (χ4n) is 2.18. The zero-order chi connectivity index (χ0) is 13.4. The summed E-state index contributed by atoms with van der Waals surface area (Å²) in [5.41, 5.74) is 3.23. The molecule has 0 bridgehead atoms. The van der Waals surface area contributed by atoms with Crippen molar-refractivity contribution in [3.05, 3.63) is 48.7 Å². The first kappa shape index (κ1) is 11.6. The van der Waals surface area contributed by atoms with E-state index in [2.05, 4.69) is 28.2 Å². The average molecular weight is 253 g/mol. The second kappa shape index (κ2) is 4.31. The van der Waals surface area contributed by atoms with E-state index in [0.717, 1.165) is 22.3 Å². The van der Waals surface area contributed by atoms with Crippen LogP contribution in [0.1, 0.15) is 0 Å². The van der Waals surface area contributed by atoms with E-state index in [1.165, 1.54) is 0 Å². The quantitative estimate of drug-likeness (QED) is 0.763. The number of fused-ring (bicyclic) bond motifs is 1. The van der Waals surface area contributed by atoms with Gasteiger partial charge in [0.1, 0.15) is 5.75 Å². The second-order valence-electron chi connectivity index (χ2n) is 4.59. The molecule has 0 amide bonds. The van der Waals surface area contributed by atoms with Crippen LogP contribution in [0.15, 0.2) is 48.7 Å². The van der Waals surface area contributed by atoms with Crippen molar-refractivity contribution in [1.29, 1.82) is 0 Å². The normalized spacial score (nSPS) is 10.8. The zero-order valence-corrected chi connectivity index (χ0v) is 10.9. The Morgan fingerprint density at radius 1 is 1.05 bits per heavy atom. The average Bonchev–Trinajstić information content (AvgIpc) is 2.80. The molecule has 1 aromatic heterocycles. The zero-order valence-electron chi connectivity index (χ0n) is 10.9. The lowest BCUT2D eigenvalue weighted by molar-refractivity contribution is 0.475. The van der Waals surface area contributed by atoms with E-state index in [9.17, 15) is 5.11 Å².